The number of fused-ring (bicyclic) bond motifs is 1. The van der Waals surface area contributed by atoms with Crippen LogP contribution in [0.1, 0.15) is 5.56 Å². The Morgan fingerprint density at radius 1 is 1.19 bits per heavy atom. The van der Waals surface area contributed by atoms with Crippen molar-refractivity contribution in [1.29, 1.82) is 5.26 Å². The molecule has 27 heavy (non-hydrogen) atoms. The molecule has 134 valence electrons. The van der Waals surface area contributed by atoms with Crippen molar-refractivity contribution in [1.82, 2.24) is 9.97 Å². The minimum Gasteiger partial charge on any atom is -0.461 e. The molecular formula is C18H11ClN4O3S. The van der Waals surface area contributed by atoms with E-state index in [9.17, 15) is 8.42 Å². The van der Waals surface area contributed by atoms with Crippen LogP contribution in [0.3, 0.4) is 0 Å². The third-order valence-corrected chi connectivity index (χ3v) is 5.55. The van der Waals surface area contributed by atoms with Gasteiger partial charge in [-0.3, -0.25) is 4.72 Å². The van der Waals surface area contributed by atoms with Crippen LogP contribution in [0.5, 0.6) is 0 Å². The number of imidazole rings is 1. The molecule has 2 aromatic heterocycles. The zero-order valence-corrected chi connectivity index (χ0v) is 15.2. The molecule has 2 heterocycles. The Labute approximate surface area is 159 Å². The third kappa shape index (κ3) is 3.26. The SMILES string of the molecule is N#Cc1ccc(S(=O)(=O)Nc2ccc3nc(-c4ccco4)[nH]c3c2)cc1Cl. The number of anilines is 1. The molecule has 0 aliphatic carbocycles. The Morgan fingerprint density at radius 3 is 2.74 bits per heavy atom. The summed E-state index contributed by atoms with van der Waals surface area (Å²) in [6, 6.07) is 14.3. The lowest BCUT2D eigenvalue weighted by atomic mass is 10.2. The Kier molecular flexibility index (Phi) is 4.11. The van der Waals surface area contributed by atoms with Crippen LogP contribution in [-0.4, -0.2) is 18.4 Å². The lowest BCUT2D eigenvalue weighted by Crippen LogP contribution is -2.13. The van der Waals surface area contributed by atoms with Gasteiger partial charge >= 0.3 is 0 Å². The summed E-state index contributed by atoms with van der Waals surface area (Å²) in [4.78, 5) is 7.46. The van der Waals surface area contributed by atoms with Crippen LogP contribution in [0.25, 0.3) is 22.6 Å². The van der Waals surface area contributed by atoms with Gasteiger partial charge in [-0.2, -0.15) is 5.26 Å². The number of nitriles is 1. The summed E-state index contributed by atoms with van der Waals surface area (Å²) in [5, 5.41) is 8.98. The van der Waals surface area contributed by atoms with E-state index in [1.165, 1.54) is 18.2 Å². The van der Waals surface area contributed by atoms with Crippen molar-refractivity contribution >= 4 is 38.3 Å². The number of sulfonamides is 1. The van der Waals surface area contributed by atoms with Crippen molar-refractivity contribution in [2.45, 2.75) is 4.90 Å². The highest BCUT2D eigenvalue weighted by molar-refractivity contribution is 7.92. The number of benzene rings is 2. The first kappa shape index (κ1) is 17.1. The molecule has 7 nitrogen and oxygen atoms in total. The van der Waals surface area contributed by atoms with Gasteiger partial charge in [-0.05, 0) is 48.5 Å². The van der Waals surface area contributed by atoms with Crippen LogP contribution < -0.4 is 4.72 Å². The summed E-state index contributed by atoms with van der Waals surface area (Å²) in [5.41, 5.74) is 1.89. The van der Waals surface area contributed by atoms with E-state index in [1.54, 1.807) is 36.6 Å². The summed E-state index contributed by atoms with van der Waals surface area (Å²) in [5.74, 6) is 1.13. The van der Waals surface area contributed by atoms with Crippen molar-refractivity contribution in [2.24, 2.45) is 0 Å². The molecule has 2 N–H and O–H groups in total. The molecule has 0 bridgehead atoms. The highest BCUT2D eigenvalue weighted by Crippen LogP contribution is 2.26. The van der Waals surface area contributed by atoms with E-state index in [-0.39, 0.29) is 15.5 Å². The highest BCUT2D eigenvalue weighted by atomic mass is 35.5. The van der Waals surface area contributed by atoms with Crippen LogP contribution in [0, 0.1) is 11.3 Å². The molecule has 0 spiro atoms. The van der Waals surface area contributed by atoms with E-state index < -0.39 is 10.0 Å². The Hall–Kier alpha value is -3.28. The van der Waals surface area contributed by atoms with Crippen LogP contribution in [0.15, 0.2) is 64.1 Å². The van der Waals surface area contributed by atoms with E-state index in [1.807, 2.05) is 6.07 Å². The maximum absolute atomic E-state index is 12.6. The van der Waals surface area contributed by atoms with E-state index in [4.69, 9.17) is 21.3 Å². The van der Waals surface area contributed by atoms with Gasteiger partial charge in [0.25, 0.3) is 10.0 Å². The molecular weight excluding hydrogens is 388 g/mol. The fourth-order valence-corrected chi connectivity index (χ4v) is 3.93. The average Bonchev–Trinajstić information content (AvgIpc) is 3.30. The van der Waals surface area contributed by atoms with E-state index in [2.05, 4.69) is 14.7 Å². The summed E-state index contributed by atoms with van der Waals surface area (Å²) in [6.07, 6.45) is 1.55. The second-order valence-electron chi connectivity index (χ2n) is 5.65. The molecule has 0 amide bonds. The lowest BCUT2D eigenvalue weighted by molar-refractivity contribution is 0.578. The van der Waals surface area contributed by atoms with Crippen LogP contribution in [-0.2, 0) is 10.0 Å². The largest absolute Gasteiger partial charge is 0.461 e. The quantitative estimate of drug-likeness (QED) is 0.536. The topological polar surface area (TPSA) is 112 Å². The first-order chi connectivity index (χ1) is 13.0. The van der Waals surface area contributed by atoms with Gasteiger partial charge in [-0.15, -0.1) is 0 Å². The predicted molar refractivity (Wildman–Crippen MR) is 101 cm³/mol. The molecule has 0 aliphatic rings. The van der Waals surface area contributed by atoms with Crippen molar-refractivity contribution in [3.8, 4) is 17.7 Å². The van der Waals surface area contributed by atoms with Gasteiger partial charge in [-0.1, -0.05) is 11.6 Å². The second kappa shape index (κ2) is 6.46. The van der Waals surface area contributed by atoms with E-state index in [0.717, 1.165) is 0 Å². The Balaban J connectivity index is 1.66. The van der Waals surface area contributed by atoms with E-state index in [0.29, 0.717) is 28.3 Å². The highest BCUT2D eigenvalue weighted by Gasteiger charge is 2.17. The Bertz CT molecular complexity index is 1290. The van der Waals surface area contributed by atoms with Crippen molar-refractivity contribution in [2.75, 3.05) is 4.72 Å². The first-order valence-corrected chi connectivity index (χ1v) is 9.58. The molecule has 0 atom stereocenters. The monoisotopic (exact) mass is 398 g/mol. The number of hydrogen-bond acceptors (Lipinski definition) is 5. The van der Waals surface area contributed by atoms with Gasteiger partial charge in [0.05, 0.1) is 38.5 Å². The van der Waals surface area contributed by atoms with Crippen LogP contribution in [0.2, 0.25) is 5.02 Å². The maximum atomic E-state index is 12.6. The minimum atomic E-state index is -3.86. The number of halogens is 1. The zero-order chi connectivity index (χ0) is 19.0. The summed E-state index contributed by atoms with van der Waals surface area (Å²) >= 11 is 5.93. The molecule has 2 aromatic carbocycles. The number of aromatic nitrogens is 2. The van der Waals surface area contributed by atoms with Crippen LogP contribution in [0.4, 0.5) is 5.69 Å². The number of aromatic amines is 1. The fraction of sp³-hybridized carbons (Fsp3) is 0. The third-order valence-electron chi connectivity index (χ3n) is 3.86. The fourth-order valence-electron chi connectivity index (χ4n) is 2.57. The van der Waals surface area contributed by atoms with Crippen molar-refractivity contribution in [3.63, 3.8) is 0 Å². The van der Waals surface area contributed by atoms with Crippen molar-refractivity contribution in [3.05, 3.63) is 65.4 Å². The first-order valence-electron chi connectivity index (χ1n) is 7.72. The van der Waals surface area contributed by atoms with Gasteiger partial charge in [0, 0.05) is 0 Å². The van der Waals surface area contributed by atoms with Crippen LogP contribution >= 0.6 is 11.6 Å². The number of furan rings is 1. The van der Waals surface area contributed by atoms with Gasteiger partial charge in [-0.25, -0.2) is 13.4 Å². The molecule has 0 unspecified atom stereocenters. The smallest absolute Gasteiger partial charge is 0.261 e. The van der Waals surface area contributed by atoms with Gasteiger partial charge in [0.1, 0.15) is 6.07 Å². The number of rotatable bonds is 4. The summed E-state index contributed by atoms with van der Waals surface area (Å²) < 4.78 is 33.0. The normalized spacial score (nSPS) is 11.4. The second-order valence-corrected chi connectivity index (χ2v) is 7.74. The van der Waals surface area contributed by atoms with Gasteiger partial charge in [0.15, 0.2) is 11.6 Å². The molecule has 0 radical (unpaired) electrons. The number of nitrogens with one attached hydrogen (secondary N) is 2. The average molecular weight is 399 g/mol. The van der Waals surface area contributed by atoms with Crippen molar-refractivity contribution < 1.29 is 12.8 Å². The van der Waals surface area contributed by atoms with E-state index >= 15 is 0 Å². The minimum absolute atomic E-state index is 0.0347. The van der Waals surface area contributed by atoms with Gasteiger partial charge < -0.3 is 9.40 Å². The Morgan fingerprint density at radius 2 is 2.04 bits per heavy atom. The lowest BCUT2D eigenvalue weighted by Gasteiger charge is -2.08. The zero-order valence-electron chi connectivity index (χ0n) is 13.6. The standard InChI is InChI=1S/C18H11ClN4O3S/c19-14-9-13(5-3-11(14)10-20)27(24,25)23-12-4-6-15-16(8-12)22-18(21-15)17-2-1-7-26-17/h1-9,23H,(H,21,22). The molecule has 0 fully saturated rings. The molecule has 9 heteroatoms. The molecule has 4 aromatic rings. The molecule has 0 saturated carbocycles. The predicted octanol–water partition coefficient (Wildman–Crippen LogP) is 4.15. The summed E-state index contributed by atoms with van der Waals surface area (Å²) in [6.45, 7) is 0. The molecule has 4 rings (SSSR count). The summed E-state index contributed by atoms with van der Waals surface area (Å²) in [7, 11) is -3.86. The van der Waals surface area contributed by atoms with Gasteiger partial charge in [0.2, 0.25) is 0 Å². The number of nitrogens with zero attached hydrogens (tertiary/aromatic N) is 2. The molecule has 0 saturated heterocycles. The number of hydrogen-bond donors (Lipinski definition) is 2. The number of H-pyrrole nitrogens is 1. The molecule has 0 aliphatic heterocycles. The maximum Gasteiger partial charge on any atom is 0.261 e.